The van der Waals surface area contributed by atoms with Crippen LogP contribution in [-0.4, -0.2) is 15.1 Å². The van der Waals surface area contributed by atoms with Gasteiger partial charge >= 0.3 is 11.3 Å². The minimum Gasteiger partial charge on any atom is -0.354 e. The number of halogens is 3. The molecule has 8 heteroatoms. The number of aromatic nitrogens is 3. The van der Waals surface area contributed by atoms with Gasteiger partial charge in [0.15, 0.2) is 0 Å². The fraction of sp³-hybridized carbons (Fsp3) is 0.0714. The maximum atomic E-state index is 12.9. The van der Waals surface area contributed by atoms with E-state index in [1.165, 1.54) is 0 Å². The summed E-state index contributed by atoms with van der Waals surface area (Å²) in [7, 11) is 0. The largest absolute Gasteiger partial charge is 0.400 e. The first-order chi connectivity index (χ1) is 10.5. The van der Waals surface area contributed by atoms with E-state index in [0.29, 0.717) is 5.56 Å². The quantitative estimate of drug-likeness (QED) is 0.731. The molecule has 3 aromatic rings. The minimum atomic E-state index is -3.68. The summed E-state index contributed by atoms with van der Waals surface area (Å²) in [6.07, 6.45) is 3.32. The number of anilines is 2. The normalized spacial score (nSPS) is 11.4. The van der Waals surface area contributed by atoms with Gasteiger partial charge in [-0.25, -0.2) is 0 Å². The zero-order valence-electron chi connectivity index (χ0n) is 11.0. The molecule has 0 aliphatic heterocycles. The molecule has 0 aliphatic rings. The Balaban J connectivity index is 1.86. The summed E-state index contributed by atoms with van der Waals surface area (Å²) in [5.74, 6) is -0.903. The van der Waals surface area contributed by atoms with Crippen molar-refractivity contribution in [2.24, 2.45) is 0 Å². The Bertz CT molecular complexity index is 774. The summed E-state index contributed by atoms with van der Waals surface area (Å²) < 4.78 is 30.3. The number of rotatable bonds is 4. The van der Waals surface area contributed by atoms with Crippen molar-refractivity contribution < 1.29 is 13.3 Å². The van der Waals surface area contributed by atoms with Gasteiger partial charge in [0.1, 0.15) is 0 Å². The van der Waals surface area contributed by atoms with E-state index in [-0.39, 0.29) is 5.82 Å². The van der Waals surface area contributed by atoms with Crippen LogP contribution in [-0.2, 0) is 5.38 Å². The van der Waals surface area contributed by atoms with Crippen molar-refractivity contribution in [3.05, 3.63) is 54.7 Å². The highest BCUT2D eigenvalue weighted by Crippen LogP contribution is 2.32. The van der Waals surface area contributed by atoms with E-state index in [4.69, 9.17) is 11.6 Å². The molecule has 0 saturated heterocycles. The monoisotopic (exact) mass is 322 g/mol. The van der Waals surface area contributed by atoms with Crippen LogP contribution in [0.5, 0.6) is 0 Å². The van der Waals surface area contributed by atoms with E-state index in [9.17, 15) is 8.78 Å². The number of hydrogen-bond donors (Lipinski definition) is 1. The molecule has 3 rings (SSSR count). The second-order valence-corrected chi connectivity index (χ2v) is 4.84. The van der Waals surface area contributed by atoms with Crippen molar-refractivity contribution in [2.45, 2.75) is 5.38 Å². The van der Waals surface area contributed by atoms with Crippen LogP contribution in [0.2, 0.25) is 0 Å². The third-order valence-electron chi connectivity index (χ3n) is 2.74. The molecule has 2 heterocycles. The zero-order valence-corrected chi connectivity index (χ0v) is 11.8. The molecule has 0 unspecified atom stereocenters. The van der Waals surface area contributed by atoms with Gasteiger partial charge in [-0.2, -0.15) is 13.8 Å². The van der Waals surface area contributed by atoms with E-state index < -0.39 is 11.3 Å². The van der Waals surface area contributed by atoms with Crippen LogP contribution in [0.3, 0.4) is 0 Å². The maximum absolute atomic E-state index is 12.9. The highest BCUT2D eigenvalue weighted by atomic mass is 35.5. The standard InChI is InChI=1S/C14H9ClF2N4O/c15-14(16,17)13-20-12(21-22-13)9-3-1-4-10(7-9)19-11-5-2-6-18-8-11/h1-8,19H. The predicted octanol–water partition coefficient (Wildman–Crippen LogP) is 4.16. The molecule has 0 saturated carbocycles. The van der Waals surface area contributed by atoms with Crippen LogP contribution in [0.15, 0.2) is 53.3 Å². The number of hydrogen-bond acceptors (Lipinski definition) is 5. The summed E-state index contributed by atoms with van der Waals surface area (Å²) in [6, 6.07) is 10.6. The number of pyridine rings is 1. The zero-order chi connectivity index (χ0) is 15.6. The van der Waals surface area contributed by atoms with Crippen LogP contribution in [0.4, 0.5) is 20.2 Å². The van der Waals surface area contributed by atoms with E-state index in [1.807, 2.05) is 12.1 Å². The van der Waals surface area contributed by atoms with Gasteiger partial charge in [-0.1, -0.05) is 17.3 Å². The van der Waals surface area contributed by atoms with Crippen molar-refractivity contribution in [2.75, 3.05) is 5.32 Å². The molecule has 0 spiro atoms. The van der Waals surface area contributed by atoms with Gasteiger partial charge in [0.2, 0.25) is 5.82 Å². The molecule has 0 amide bonds. The summed E-state index contributed by atoms with van der Waals surface area (Å²) >= 11 is 4.85. The van der Waals surface area contributed by atoms with Gasteiger partial charge in [0, 0.05) is 17.4 Å². The van der Waals surface area contributed by atoms with Crippen molar-refractivity contribution in [1.29, 1.82) is 0 Å². The molecular formula is C14H9ClF2N4O. The summed E-state index contributed by atoms with van der Waals surface area (Å²) in [5.41, 5.74) is 2.04. The smallest absolute Gasteiger partial charge is 0.354 e. The molecule has 112 valence electrons. The van der Waals surface area contributed by atoms with Gasteiger partial charge in [-0.3, -0.25) is 4.98 Å². The Morgan fingerprint density at radius 3 is 2.64 bits per heavy atom. The fourth-order valence-corrected chi connectivity index (χ4v) is 1.87. The molecule has 2 aromatic heterocycles. The Hall–Kier alpha value is -2.54. The molecule has 0 radical (unpaired) electrons. The number of nitrogens with one attached hydrogen (secondary N) is 1. The molecule has 0 aliphatic carbocycles. The first-order valence-corrected chi connectivity index (χ1v) is 6.58. The molecule has 0 bridgehead atoms. The van der Waals surface area contributed by atoms with Gasteiger partial charge in [0.25, 0.3) is 0 Å². The Labute approximate surface area is 128 Å². The van der Waals surface area contributed by atoms with Gasteiger partial charge in [0.05, 0.1) is 11.9 Å². The Kier molecular flexibility index (Phi) is 3.72. The molecular weight excluding hydrogens is 314 g/mol. The third kappa shape index (κ3) is 3.20. The Morgan fingerprint density at radius 2 is 1.95 bits per heavy atom. The van der Waals surface area contributed by atoms with Crippen LogP contribution in [0, 0.1) is 0 Å². The lowest BCUT2D eigenvalue weighted by atomic mass is 10.2. The van der Waals surface area contributed by atoms with Crippen LogP contribution in [0.25, 0.3) is 11.4 Å². The average molecular weight is 323 g/mol. The minimum absolute atomic E-state index is 0.0326. The van der Waals surface area contributed by atoms with E-state index >= 15 is 0 Å². The van der Waals surface area contributed by atoms with Crippen LogP contribution >= 0.6 is 11.6 Å². The van der Waals surface area contributed by atoms with E-state index in [1.54, 1.807) is 36.7 Å². The molecule has 1 aromatic carbocycles. The Morgan fingerprint density at radius 1 is 1.14 bits per heavy atom. The topological polar surface area (TPSA) is 63.8 Å². The maximum Gasteiger partial charge on any atom is 0.400 e. The number of alkyl halides is 3. The summed E-state index contributed by atoms with van der Waals surface area (Å²) in [5, 5.41) is 2.95. The molecule has 0 fully saturated rings. The van der Waals surface area contributed by atoms with Crippen molar-refractivity contribution in [3.8, 4) is 11.4 Å². The second-order valence-electron chi connectivity index (χ2n) is 4.37. The first kappa shape index (κ1) is 14.4. The molecule has 22 heavy (non-hydrogen) atoms. The number of nitrogens with zero attached hydrogens (tertiary/aromatic N) is 3. The van der Waals surface area contributed by atoms with Crippen molar-refractivity contribution in [3.63, 3.8) is 0 Å². The average Bonchev–Trinajstić information content (AvgIpc) is 2.99. The van der Waals surface area contributed by atoms with Crippen LogP contribution < -0.4 is 5.32 Å². The van der Waals surface area contributed by atoms with E-state index in [2.05, 4.69) is 25.0 Å². The number of benzene rings is 1. The predicted molar refractivity (Wildman–Crippen MR) is 77.0 cm³/mol. The highest BCUT2D eigenvalue weighted by molar-refractivity contribution is 6.21. The lowest BCUT2D eigenvalue weighted by molar-refractivity contribution is 0.0551. The summed E-state index contributed by atoms with van der Waals surface area (Å²) in [4.78, 5) is 7.59. The lowest BCUT2D eigenvalue weighted by Gasteiger charge is -2.06. The SMILES string of the molecule is FC(F)(Cl)c1nc(-c2cccc(Nc3cccnc3)c2)no1. The van der Waals surface area contributed by atoms with Gasteiger partial charge in [-0.05, 0) is 35.9 Å². The first-order valence-electron chi connectivity index (χ1n) is 6.21. The van der Waals surface area contributed by atoms with E-state index in [0.717, 1.165) is 11.4 Å². The lowest BCUT2D eigenvalue weighted by Crippen LogP contribution is -2.03. The molecule has 5 nitrogen and oxygen atoms in total. The fourth-order valence-electron chi connectivity index (χ4n) is 1.80. The highest BCUT2D eigenvalue weighted by Gasteiger charge is 2.35. The third-order valence-corrected chi connectivity index (χ3v) is 2.90. The van der Waals surface area contributed by atoms with Gasteiger partial charge < -0.3 is 9.84 Å². The van der Waals surface area contributed by atoms with Crippen molar-refractivity contribution >= 4 is 23.0 Å². The second kappa shape index (κ2) is 5.69. The molecule has 0 atom stereocenters. The van der Waals surface area contributed by atoms with Gasteiger partial charge in [-0.15, -0.1) is 0 Å². The van der Waals surface area contributed by atoms with Crippen LogP contribution in [0.1, 0.15) is 5.89 Å². The molecule has 1 N–H and O–H groups in total. The van der Waals surface area contributed by atoms with Crippen molar-refractivity contribution in [1.82, 2.24) is 15.1 Å². The summed E-state index contributed by atoms with van der Waals surface area (Å²) in [6.45, 7) is 0.